The molecule has 0 fully saturated rings. The lowest BCUT2D eigenvalue weighted by atomic mass is 10.0. The average molecular weight is 457 g/mol. The van der Waals surface area contributed by atoms with E-state index in [1.165, 1.54) is 23.1 Å². The number of carbonyl (C=O) groups is 1. The summed E-state index contributed by atoms with van der Waals surface area (Å²) in [6, 6.07) is 21.8. The quantitative estimate of drug-likeness (QED) is 0.182. The van der Waals surface area contributed by atoms with E-state index in [1.807, 2.05) is 72.1 Å². The van der Waals surface area contributed by atoms with Crippen LogP contribution in [0.5, 0.6) is 0 Å². The molecule has 3 aromatic carbocycles. The molecule has 0 aliphatic heterocycles. The van der Waals surface area contributed by atoms with E-state index < -0.39 is 0 Å². The molecule has 5 rings (SSSR count). The molecule has 0 N–H and O–H groups in total. The van der Waals surface area contributed by atoms with Crippen LogP contribution in [-0.2, 0) is 4.74 Å². The number of fused-ring (bicyclic) bond motifs is 2. The van der Waals surface area contributed by atoms with Gasteiger partial charge in [0.05, 0.1) is 11.3 Å². The number of esters is 1. The summed E-state index contributed by atoms with van der Waals surface area (Å²) in [5.74, 6) is 6.39. The standard InChI is InChI=1S/C25H16N2O3S2/c28-24(21-16-32-22-13-4-3-11-19(21)22)29-14-5-6-15-31-25-27-26-23(30-25)20-12-7-9-17-8-1-2-10-18(17)20/h1-4,7-13,16H,14-15H2. The van der Waals surface area contributed by atoms with Gasteiger partial charge in [0.25, 0.3) is 5.22 Å². The second-order valence-electron chi connectivity index (χ2n) is 6.76. The number of hydrogen-bond donors (Lipinski definition) is 0. The first-order chi connectivity index (χ1) is 15.8. The van der Waals surface area contributed by atoms with E-state index in [1.54, 1.807) is 0 Å². The van der Waals surface area contributed by atoms with Crippen molar-refractivity contribution in [2.75, 3.05) is 12.4 Å². The summed E-state index contributed by atoms with van der Waals surface area (Å²) in [6.07, 6.45) is 0. The Morgan fingerprint density at radius 1 is 0.969 bits per heavy atom. The van der Waals surface area contributed by atoms with Crippen LogP contribution in [0.15, 0.2) is 81.8 Å². The normalized spacial score (nSPS) is 10.8. The predicted molar refractivity (Wildman–Crippen MR) is 128 cm³/mol. The van der Waals surface area contributed by atoms with E-state index in [2.05, 4.69) is 22.0 Å². The van der Waals surface area contributed by atoms with Crippen LogP contribution in [0.3, 0.4) is 0 Å². The van der Waals surface area contributed by atoms with Crippen LogP contribution in [0.1, 0.15) is 10.4 Å². The second-order valence-corrected chi connectivity index (χ2v) is 8.60. The van der Waals surface area contributed by atoms with Crippen molar-refractivity contribution in [3.05, 3.63) is 77.7 Å². The maximum atomic E-state index is 12.3. The maximum absolute atomic E-state index is 12.3. The first kappa shape index (κ1) is 20.3. The number of carbonyl (C=O) groups excluding carboxylic acids is 1. The molecule has 2 aromatic heterocycles. The molecular formula is C25H16N2O3S2. The van der Waals surface area contributed by atoms with Gasteiger partial charge in [-0.05, 0) is 22.9 Å². The zero-order valence-corrected chi connectivity index (χ0v) is 18.4. The highest BCUT2D eigenvalue weighted by atomic mass is 32.2. The molecule has 0 saturated carbocycles. The van der Waals surface area contributed by atoms with Crippen molar-refractivity contribution in [1.29, 1.82) is 0 Å². The van der Waals surface area contributed by atoms with Gasteiger partial charge in [0, 0.05) is 21.0 Å². The summed E-state index contributed by atoms with van der Waals surface area (Å²) in [5, 5.41) is 13.6. The number of thioether (sulfide) groups is 1. The van der Waals surface area contributed by atoms with Crippen molar-refractivity contribution >= 4 is 49.9 Å². The minimum absolute atomic E-state index is 0.0364. The molecule has 2 heterocycles. The number of aromatic nitrogens is 2. The fourth-order valence-corrected chi connectivity index (χ4v) is 4.77. The fourth-order valence-electron chi connectivity index (χ4n) is 3.30. The van der Waals surface area contributed by atoms with Gasteiger partial charge in [0.15, 0.2) is 6.61 Å². The lowest BCUT2D eigenvalue weighted by Gasteiger charge is -2.01. The number of benzene rings is 3. The van der Waals surface area contributed by atoms with E-state index in [9.17, 15) is 4.79 Å². The van der Waals surface area contributed by atoms with Gasteiger partial charge < -0.3 is 9.15 Å². The molecule has 156 valence electrons. The first-order valence-corrected chi connectivity index (χ1v) is 11.7. The Kier molecular flexibility index (Phi) is 5.88. The summed E-state index contributed by atoms with van der Waals surface area (Å²) < 4.78 is 12.1. The largest absolute Gasteiger partial charge is 0.449 e. The zero-order chi connectivity index (χ0) is 21.8. The Bertz CT molecular complexity index is 1470. The van der Waals surface area contributed by atoms with Crippen molar-refractivity contribution in [1.82, 2.24) is 10.2 Å². The van der Waals surface area contributed by atoms with E-state index in [4.69, 9.17) is 9.15 Å². The average Bonchev–Trinajstić information content (AvgIpc) is 3.48. The van der Waals surface area contributed by atoms with E-state index in [0.29, 0.717) is 22.4 Å². The highest BCUT2D eigenvalue weighted by molar-refractivity contribution is 7.99. The minimum Gasteiger partial charge on any atom is -0.449 e. The number of nitrogens with zero attached hydrogens (tertiary/aromatic N) is 2. The number of rotatable bonds is 5. The summed E-state index contributed by atoms with van der Waals surface area (Å²) in [4.78, 5) is 12.3. The summed E-state index contributed by atoms with van der Waals surface area (Å²) >= 11 is 2.87. The highest BCUT2D eigenvalue weighted by Gasteiger charge is 2.13. The van der Waals surface area contributed by atoms with Gasteiger partial charge in [-0.25, -0.2) is 4.79 Å². The van der Waals surface area contributed by atoms with E-state index in [0.717, 1.165) is 26.4 Å². The molecule has 32 heavy (non-hydrogen) atoms. The third kappa shape index (κ3) is 4.24. The van der Waals surface area contributed by atoms with Crippen LogP contribution in [0.25, 0.3) is 32.3 Å². The van der Waals surface area contributed by atoms with Gasteiger partial charge >= 0.3 is 5.97 Å². The number of hydrogen-bond acceptors (Lipinski definition) is 7. The van der Waals surface area contributed by atoms with Crippen molar-refractivity contribution in [3.8, 4) is 23.3 Å². The Morgan fingerprint density at radius 3 is 2.72 bits per heavy atom. The van der Waals surface area contributed by atoms with Crippen LogP contribution in [-0.4, -0.2) is 28.5 Å². The third-order valence-corrected chi connectivity index (χ3v) is 6.46. The smallest absolute Gasteiger partial charge is 0.340 e. The van der Waals surface area contributed by atoms with Crippen molar-refractivity contribution in [2.45, 2.75) is 5.22 Å². The van der Waals surface area contributed by atoms with Gasteiger partial charge in [-0.15, -0.1) is 21.5 Å². The van der Waals surface area contributed by atoms with Gasteiger partial charge in [0.1, 0.15) is 0 Å². The molecule has 0 aliphatic carbocycles. The molecule has 5 aromatic rings. The lowest BCUT2D eigenvalue weighted by molar-refractivity contribution is 0.0559. The SMILES string of the molecule is O=C(OCC#CCSc1nnc(-c2cccc3ccccc23)o1)c1csc2ccccc12. The Labute approximate surface area is 192 Å². The van der Waals surface area contributed by atoms with Gasteiger partial charge in [-0.3, -0.25) is 0 Å². The Balaban J connectivity index is 1.16. The lowest BCUT2D eigenvalue weighted by Crippen LogP contribution is -2.04. The topological polar surface area (TPSA) is 65.2 Å². The molecule has 0 saturated heterocycles. The van der Waals surface area contributed by atoms with Gasteiger partial charge in [-0.2, -0.15) is 0 Å². The molecule has 0 atom stereocenters. The van der Waals surface area contributed by atoms with Crippen LogP contribution >= 0.6 is 23.1 Å². The molecule has 0 bridgehead atoms. The number of ether oxygens (including phenoxy) is 1. The summed E-state index contributed by atoms with van der Waals surface area (Å²) in [6.45, 7) is 0.0364. The fraction of sp³-hybridized carbons (Fsp3) is 0.0800. The summed E-state index contributed by atoms with van der Waals surface area (Å²) in [5.41, 5.74) is 1.48. The monoisotopic (exact) mass is 456 g/mol. The van der Waals surface area contributed by atoms with E-state index in [-0.39, 0.29) is 12.6 Å². The molecule has 0 radical (unpaired) electrons. The highest BCUT2D eigenvalue weighted by Crippen LogP contribution is 2.29. The predicted octanol–water partition coefficient (Wildman–Crippen LogP) is 6.06. The molecule has 0 unspecified atom stereocenters. The van der Waals surface area contributed by atoms with Gasteiger partial charge in [0.2, 0.25) is 5.89 Å². The van der Waals surface area contributed by atoms with Crippen molar-refractivity contribution < 1.29 is 13.9 Å². The third-order valence-electron chi connectivity index (χ3n) is 4.80. The first-order valence-electron chi connectivity index (χ1n) is 9.83. The Hall–Kier alpha value is -3.60. The van der Waals surface area contributed by atoms with Gasteiger partial charge in [-0.1, -0.05) is 78.2 Å². The maximum Gasteiger partial charge on any atom is 0.340 e. The van der Waals surface area contributed by atoms with Crippen LogP contribution in [0, 0.1) is 11.8 Å². The molecule has 7 heteroatoms. The zero-order valence-electron chi connectivity index (χ0n) is 16.8. The molecule has 0 spiro atoms. The molecular weight excluding hydrogens is 440 g/mol. The second kappa shape index (κ2) is 9.27. The summed E-state index contributed by atoms with van der Waals surface area (Å²) in [7, 11) is 0. The number of thiophene rings is 1. The van der Waals surface area contributed by atoms with Crippen molar-refractivity contribution in [2.24, 2.45) is 0 Å². The van der Waals surface area contributed by atoms with Crippen LogP contribution < -0.4 is 0 Å². The molecule has 0 amide bonds. The van der Waals surface area contributed by atoms with E-state index >= 15 is 0 Å². The molecule has 0 aliphatic rings. The van der Waals surface area contributed by atoms with Crippen LogP contribution in [0.2, 0.25) is 0 Å². The molecule has 5 nitrogen and oxygen atoms in total. The van der Waals surface area contributed by atoms with Crippen molar-refractivity contribution in [3.63, 3.8) is 0 Å². The van der Waals surface area contributed by atoms with Crippen LogP contribution in [0.4, 0.5) is 0 Å². The Morgan fingerprint density at radius 2 is 1.78 bits per heavy atom. The minimum atomic E-state index is -0.360.